The molecule has 0 aliphatic rings. The van der Waals surface area contributed by atoms with Crippen molar-refractivity contribution in [3.05, 3.63) is 41.4 Å². The van der Waals surface area contributed by atoms with Gasteiger partial charge in [-0.2, -0.15) is 0 Å². The van der Waals surface area contributed by atoms with Crippen LogP contribution in [0.3, 0.4) is 0 Å². The Morgan fingerprint density at radius 1 is 1.42 bits per heavy atom. The number of nitrogens with zero attached hydrogens (tertiary/aromatic N) is 2. The molecule has 0 radical (unpaired) electrons. The Bertz CT molecular complexity index is 670. The Morgan fingerprint density at radius 2 is 2.19 bits per heavy atom. The highest BCUT2D eigenvalue weighted by Crippen LogP contribution is 2.24. The second kappa shape index (κ2) is 13.0. The smallest absolute Gasteiger partial charge is 0.254 e. The van der Waals surface area contributed by atoms with Crippen LogP contribution in [0.25, 0.3) is 0 Å². The molecule has 2 rings (SSSR count). The Balaban J connectivity index is 0.00000312. The Morgan fingerprint density at radius 3 is 2.81 bits per heavy atom. The SMILES string of the molecule is CCCCC(CN)NC(=O)c1cccnc1SCc1cc(C)on1.Cl.Cl. The molecule has 3 N–H and O–H groups in total. The van der Waals surface area contributed by atoms with Crippen LogP contribution in [0.4, 0.5) is 0 Å². The zero-order valence-electron chi connectivity index (χ0n) is 14.9. The average Bonchev–Trinajstić information content (AvgIpc) is 3.02. The van der Waals surface area contributed by atoms with Crippen LogP contribution in [0.15, 0.2) is 33.9 Å². The van der Waals surface area contributed by atoms with E-state index in [9.17, 15) is 4.79 Å². The summed E-state index contributed by atoms with van der Waals surface area (Å²) in [7, 11) is 0. The number of halogens is 2. The summed E-state index contributed by atoms with van der Waals surface area (Å²) in [4.78, 5) is 16.9. The van der Waals surface area contributed by atoms with Crippen LogP contribution in [0, 0.1) is 6.92 Å². The second-order valence-electron chi connectivity index (χ2n) is 5.62. The van der Waals surface area contributed by atoms with E-state index in [4.69, 9.17) is 10.3 Å². The highest BCUT2D eigenvalue weighted by Gasteiger charge is 2.16. The lowest BCUT2D eigenvalue weighted by Crippen LogP contribution is -2.40. The lowest BCUT2D eigenvalue weighted by atomic mass is 10.1. The van der Waals surface area contributed by atoms with E-state index in [0.717, 1.165) is 30.7 Å². The zero-order valence-corrected chi connectivity index (χ0v) is 17.4. The number of rotatable bonds is 9. The number of pyridine rings is 1. The monoisotopic (exact) mass is 420 g/mol. The zero-order chi connectivity index (χ0) is 17.4. The van der Waals surface area contributed by atoms with E-state index in [2.05, 4.69) is 22.4 Å². The first-order valence-electron chi connectivity index (χ1n) is 8.15. The molecule has 1 amide bonds. The minimum Gasteiger partial charge on any atom is -0.361 e. The fraction of sp³-hybridized carbons (Fsp3) is 0.471. The number of hydrogen-bond donors (Lipinski definition) is 2. The molecule has 146 valence electrons. The van der Waals surface area contributed by atoms with Crippen molar-refractivity contribution in [1.29, 1.82) is 0 Å². The maximum absolute atomic E-state index is 12.6. The highest BCUT2D eigenvalue weighted by molar-refractivity contribution is 7.98. The van der Waals surface area contributed by atoms with Crippen molar-refractivity contribution in [2.75, 3.05) is 6.54 Å². The molecule has 1 atom stereocenters. The summed E-state index contributed by atoms with van der Waals surface area (Å²) >= 11 is 1.47. The van der Waals surface area contributed by atoms with E-state index in [1.807, 2.05) is 13.0 Å². The molecule has 9 heteroatoms. The summed E-state index contributed by atoms with van der Waals surface area (Å²) < 4.78 is 5.06. The van der Waals surface area contributed by atoms with Crippen LogP contribution in [0.5, 0.6) is 0 Å². The fourth-order valence-electron chi connectivity index (χ4n) is 2.27. The Labute approximate surface area is 170 Å². The molecule has 0 aliphatic heterocycles. The molecule has 0 saturated carbocycles. The van der Waals surface area contributed by atoms with Gasteiger partial charge in [-0.25, -0.2) is 4.98 Å². The van der Waals surface area contributed by atoms with E-state index < -0.39 is 0 Å². The number of thioether (sulfide) groups is 1. The predicted octanol–water partition coefficient (Wildman–Crippen LogP) is 3.76. The van der Waals surface area contributed by atoms with Gasteiger partial charge >= 0.3 is 0 Å². The summed E-state index contributed by atoms with van der Waals surface area (Å²) in [6.45, 7) is 4.41. The van der Waals surface area contributed by atoms with Crippen LogP contribution in [0.2, 0.25) is 0 Å². The number of aromatic nitrogens is 2. The lowest BCUT2D eigenvalue weighted by Gasteiger charge is -2.17. The first kappa shape index (κ1) is 24.7. The topological polar surface area (TPSA) is 94.0 Å². The van der Waals surface area contributed by atoms with Gasteiger partial charge in [-0.15, -0.1) is 24.8 Å². The molecule has 0 aromatic carbocycles. The number of carbonyl (C=O) groups excluding carboxylic acids is 1. The quantitative estimate of drug-likeness (QED) is 0.599. The van der Waals surface area contributed by atoms with Crippen LogP contribution in [-0.2, 0) is 5.75 Å². The fourth-order valence-corrected chi connectivity index (χ4v) is 3.14. The molecule has 0 saturated heterocycles. The molecular formula is C17H26Cl2N4O2S. The molecular weight excluding hydrogens is 395 g/mol. The normalized spacial score (nSPS) is 11.2. The van der Waals surface area contributed by atoms with E-state index in [1.54, 1.807) is 18.3 Å². The maximum Gasteiger partial charge on any atom is 0.254 e. The number of unbranched alkanes of at least 4 members (excludes halogenated alkanes) is 1. The van der Waals surface area contributed by atoms with Crippen molar-refractivity contribution in [2.45, 2.75) is 49.9 Å². The van der Waals surface area contributed by atoms with Crippen LogP contribution >= 0.6 is 36.6 Å². The van der Waals surface area contributed by atoms with Crippen LogP contribution in [0.1, 0.15) is 48.0 Å². The van der Waals surface area contributed by atoms with E-state index in [1.165, 1.54) is 11.8 Å². The molecule has 0 bridgehead atoms. The van der Waals surface area contributed by atoms with Crippen LogP contribution < -0.4 is 11.1 Å². The molecule has 0 aliphatic carbocycles. The van der Waals surface area contributed by atoms with E-state index in [0.29, 0.717) is 22.9 Å². The Hall–Kier alpha value is -1.28. The predicted molar refractivity (Wildman–Crippen MR) is 109 cm³/mol. The molecule has 2 aromatic rings. The third-order valence-electron chi connectivity index (χ3n) is 3.58. The van der Waals surface area contributed by atoms with Crippen molar-refractivity contribution in [1.82, 2.24) is 15.5 Å². The highest BCUT2D eigenvalue weighted by atomic mass is 35.5. The number of aryl methyl sites for hydroxylation is 1. The third-order valence-corrected chi connectivity index (χ3v) is 4.61. The summed E-state index contributed by atoms with van der Waals surface area (Å²) in [5.41, 5.74) is 7.16. The van der Waals surface area contributed by atoms with Gasteiger partial charge in [0, 0.05) is 30.6 Å². The van der Waals surface area contributed by atoms with Gasteiger partial charge in [0.1, 0.15) is 10.8 Å². The second-order valence-corrected chi connectivity index (χ2v) is 6.59. The van der Waals surface area contributed by atoms with Gasteiger partial charge in [0.2, 0.25) is 0 Å². The maximum atomic E-state index is 12.6. The molecule has 2 heterocycles. The van der Waals surface area contributed by atoms with Gasteiger partial charge in [-0.05, 0) is 25.5 Å². The number of hydrogen-bond acceptors (Lipinski definition) is 6. The average molecular weight is 421 g/mol. The summed E-state index contributed by atoms with van der Waals surface area (Å²) in [6.07, 6.45) is 4.70. The largest absolute Gasteiger partial charge is 0.361 e. The van der Waals surface area contributed by atoms with Gasteiger partial charge in [0.25, 0.3) is 5.91 Å². The minimum absolute atomic E-state index is 0. The number of amides is 1. The Kier molecular flexibility index (Phi) is 12.3. The summed E-state index contributed by atoms with van der Waals surface area (Å²) in [5, 5.41) is 7.65. The molecule has 6 nitrogen and oxygen atoms in total. The van der Waals surface area contributed by atoms with Gasteiger partial charge < -0.3 is 15.6 Å². The molecule has 0 spiro atoms. The third kappa shape index (κ3) is 7.53. The molecule has 2 aromatic heterocycles. The molecule has 26 heavy (non-hydrogen) atoms. The number of carbonyl (C=O) groups is 1. The summed E-state index contributed by atoms with van der Waals surface area (Å²) in [5.74, 6) is 1.24. The first-order valence-corrected chi connectivity index (χ1v) is 9.13. The summed E-state index contributed by atoms with van der Waals surface area (Å²) in [6, 6.07) is 5.42. The molecule has 1 unspecified atom stereocenters. The van der Waals surface area contributed by atoms with Crippen molar-refractivity contribution < 1.29 is 9.32 Å². The van der Waals surface area contributed by atoms with Crippen molar-refractivity contribution in [3.8, 4) is 0 Å². The van der Waals surface area contributed by atoms with Crippen molar-refractivity contribution in [2.24, 2.45) is 5.73 Å². The van der Waals surface area contributed by atoms with Gasteiger partial charge in [-0.3, -0.25) is 4.79 Å². The van der Waals surface area contributed by atoms with E-state index in [-0.39, 0.29) is 36.8 Å². The van der Waals surface area contributed by atoms with Gasteiger partial charge in [0.05, 0.1) is 11.3 Å². The number of nitrogens with one attached hydrogen (secondary N) is 1. The van der Waals surface area contributed by atoms with Crippen molar-refractivity contribution in [3.63, 3.8) is 0 Å². The van der Waals surface area contributed by atoms with E-state index >= 15 is 0 Å². The van der Waals surface area contributed by atoms with Crippen LogP contribution in [-0.4, -0.2) is 28.6 Å². The first-order chi connectivity index (χ1) is 11.6. The van der Waals surface area contributed by atoms with Crippen molar-refractivity contribution >= 4 is 42.5 Å². The molecule has 0 fully saturated rings. The number of nitrogens with two attached hydrogens (primary N) is 1. The standard InChI is InChI=1S/C17H24N4O2S.2ClH/c1-3-4-6-13(10-18)20-16(22)15-7-5-8-19-17(15)24-11-14-9-12(2)23-21-14;;/h5,7-9,13H,3-4,6,10-11,18H2,1-2H3,(H,20,22);2*1H. The van der Waals surface area contributed by atoms with Gasteiger partial charge in [0.15, 0.2) is 0 Å². The van der Waals surface area contributed by atoms with Gasteiger partial charge in [-0.1, -0.05) is 36.7 Å². The lowest BCUT2D eigenvalue weighted by molar-refractivity contribution is 0.0932. The minimum atomic E-state index is -0.131.